The molecule has 0 atom stereocenters. The second kappa shape index (κ2) is 5.89. The number of para-hydroxylation sites is 1. The van der Waals surface area contributed by atoms with Gasteiger partial charge in [-0.15, -0.1) is 0 Å². The molecule has 0 saturated heterocycles. The van der Waals surface area contributed by atoms with Crippen LogP contribution in [0, 0.1) is 0 Å². The molecule has 0 aliphatic rings. The van der Waals surface area contributed by atoms with E-state index in [1.165, 1.54) is 0 Å². The molecule has 0 unspecified atom stereocenters. The standard InChI is InChI=1S/C20H15N3/c1-2-7-19(8-3-1)23-20-14-16(9-11-17(20)15-22-23)10-12-18-6-4-5-13-21-18/h1-15H. The summed E-state index contributed by atoms with van der Waals surface area (Å²) in [5.41, 5.74) is 4.23. The van der Waals surface area contributed by atoms with Crippen LogP contribution in [0.1, 0.15) is 11.3 Å². The van der Waals surface area contributed by atoms with Gasteiger partial charge < -0.3 is 0 Å². The number of benzene rings is 2. The average Bonchev–Trinajstić information content (AvgIpc) is 3.05. The van der Waals surface area contributed by atoms with Gasteiger partial charge in [0.1, 0.15) is 0 Å². The van der Waals surface area contributed by atoms with E-state index in [1.54, 1.807) is 6.20 Å². The molecule has 4 aromatic rings. The molecule has 0 amide bonds. The smallest absolute Gasteiger partial charge is 0.0747 e. The van der Waals surface area contributed by atoms with E-state index in [0.717, 1.165) is 27.8 Å². The molecule has 2 aromatic heterocycles. The first-order valence-electron chi connectivity index (χ1n) is 7.52. The third kappa shape index (κ3) is 2.77. The number of pyridine rings is 1. The molecule has 3 heteroatoms. The first-order chi connectivity index (χ1) is 11.4. The van der Waals surface area contributed by atoms with Gasteiger partial charge in [0.2, 0.25) is 0 Å². The summed E-state index contributed by atoms with van der Waals surface area (Å²) in [5.74, 6) is 0. The summed E-state index contributed by atoms with van der Waals surface area (Å²) >= 11 is 0. The second-order valence-corrected chi connectivity index (χ2v) is 5.30. The molecule has 110 valence electrons. The summed E-state index contributed by atoms with van der Waals surface area (Å²) in [6, 6.07) is 22.4. The summed E-state index contributed by atoms with van der Waals surface area (Å²) in [6.07, 6.45) is 7.79. The lowest BCUT2D eigenvalue weighted by Gasteiger charge is -2.03. The highest BCUT2D eigenvalue weighted by Crippen LogP contribution is 2.20. The molecule has 3 nitrogen and oxygen atoms in total. The SMILES string of the molecule is C(=Cc1ccccn1)c1ccc2cnn(-c3ccccc3)c2c1. The predicted molar refractivity (Wildman–Crippen MR) is 94.2 cm³/mol. The average molecular weight is 297 g/mol. The number of rotatable bonds is 3. The molecule has 23 heavy (non-hydrogen) atoms. The second-order valence-electron chi connectivity index (χ2n) is 5.30. The van der Waals surface area contributed by atoms with Gasteiger partial charge in [0.25, 0.3) is 0 Å². The lowest BCUT2D eigenvalue weighted by atomic mass is 10.1. The minimum atomic E-state index is 0.948. The van der Waals surface area contributed by atoms with Crippen LogP contribution >= 0.6 is 0 Å². The number of hydrogen-bond acceptors (Lipinski definition) is 2. The molecular formula is C20H15N3. The largest absolute Gasteiger partial charge is 0.257 e. The van der Waals surface area contributed by atoms with Crippen molar-refractivity contribution in [2.75, 3.05) is 0 Å². The Labute approximate surface area is 134 Å². The Balaban J connectivity index is 1.74. The van der Waals surface area contributed by atoms with Gasteiger partial charge in [-0.05, 0) is 42.0 Å². The zero-order valence-electron chi connectivity index (χ0n) is 12.5. The molecule has 4 rings (SSSR count). The summed E-state index contributed by atoms with van der Waals surface area (Å²) in [5, 5.41) is 5.63. The molecule has 0 radical (unpaired) electrons. The molecule has 0 saturated carbocycles. The topological polar surface area (TPSA) is 30.7 Å². The fourth-order valence-corrected chi connectivity index (χ4v) is 2.57. The van der Waals surface area contributed by atoms with Crippen molar-refractivity contribution < 1.29 is 0 Å². The minimum Gasteiger partial charge on any atom is -0.257 e. The van der Waals surface area contributed by atoms with Crippen molar-refractivity contribution in [3.8, 4) is 5.69 Å². The van der Waals surface area contributed by atoms with Crippen LogP contribution in [0.5, 0.6) is 0 Å². The van der Waals surface area contributed by atoms with E-state index >= 15 is 0 Å². The molecule has 2 aromatic carbocycles. The van der Waals surface area contributed by atoms with E-state index in [0.29, 0.717) is 0 Å². The van der Waals surface area contributed by atoms with Gasteiger partial charge in [-0.2, -0.15) is 5.10 Å². The van der Waals surface area contributed by atoms with Crippen LogP contribution < -0.4 is 0 Å². The van der Waals surface area contributed by atoms with Gasteiger partial charge in [0.15, 0.2) is 0 Å². The van der Waals surface area contributed by atoms with Crippen LogP contribution in [0.3, 0.4) is 0 Å². The van der Waals surface area contributed by atoms with Gasteiger partial charge >= 0.3 is 0 Å². The number of hydrogen-bond donors (Lipinski definition) is 0. The quantitative estimate of drug-likeness (QED) is 0.553. The third-order valence-electron chi connectivity index (χ3n) is 3.73. The van der Waals surface area contributed by atoms with Crippen molar-refractivity contribution in [3.63, 3.8) is 0 Å². The highest BCUT2D eigenvalue weighted by atomic mass is 15.3. The van der Waals surface area contributed by atoms with E-state index < -0.39 is 0 Å². The first-order valence-corrected chi connectivity index (χ1v) is 7.52. The molecule has 0 aliphatic carbocycles. The summed E-state index contributed by atoms with van der Waals surface area (Å²) < 4.78 is 1.97. The highest BCUT2D eigenvalue weighted by Gasteiger charge is 2.04. The molecule has 0 spiro atoms. The van der Waals surface area contributed by atoms with Crippen molar-refractivity contribution in [1.82, 2.24) is 14.8 Å². The van der Waals surface area contributed by atoms with Gasteiger partial charge in [-0.25, -0.2) is 4.68 Å². The Morgan fingerprint density at radius 2 is 1.70 bits per heavy atom. The van der Waals surface area contributed by atoms with Gasteiger partial charge in [0, 0.05) is 11.6 Å². The number of aromatic nitrogens is 3. The van der Waals surface area contributed by atoms with Crippen LogP contribution in [-0.2, 0) is 0 Å². The van der Waals surface area contributed by atoms with Crippen molar-refractivity contribution in [3.05, 3.63) is 90.4 Å². The molecule has 2 heterocycles. The van der Waals surface area contributed by atoms with Crippen LogP contribution in [-0.4, -0.2) is 14.8 Å². The maximum Gasteiger partial charge on any atom is 0.0747 e. The van der Waals surface area contributed by atoms with Crippen molar-refractivity contribution >= 4 is 23.1 Å². The van der Waals surface area contributed by atoms with E-state index in [4.69, 9.17) is 0 Å². The van der Waals surface area contributed by atoms with E-state index in [9.17, 15) is 0 Å². The zero-order chi connectivity index (χ0) is 15.5. The van der Waals surface area contributed by atoms with Crippen LogP contribution in [0.4, 0.5) is 0 Å². The van der Waals surface area contributed by atoms with Crippen LogP contribution in [0.2, 0.25) is 0 Å². The normalized spacial score (nSPS) is 11.3. The Morgan fingerprint density at radius 3 is 2.52 bits per heavy atom. The number of fused-ring (bicyclic) bond motifs is 1. The minimum absolute atomic E-state index is 0.948. The lowest BCUT2D eigenvalue weighted by Crippen LogP contribution is -1.95. The van der Waals surface area contributed by atoms with Crippen molar-refractivity contribution in [2.24, 2.45) is 0 Å². The fraction of sp³-hybridized carbons (Fsp3) is 0. The fourth-order valence-electron chi connectivity index (χ4n) is 2.57. The van der Waals surface area contributed by atoms with Gasteiger partial charge in [0.05, 0.1) is 23.1 Å². The van der Waals surface area contributed by atoms with Gasteiger partial charge in [-0.3, -0.25) is 4.98 Å². The Morgan fingerprint density at radius 1 is 0.826 bits per heavy atom. The van der Waals surface area contributed by atoms with Crippen molar-refractivity contribution in [2.45, 2.75) is 0 Å². The highest BCUT2D eigenvalue weighted by molar-refractivity contribution is 5.84. The molecular weight excluding hydrogens is 282 g/mol. The summed E-state index contributed by atoms with van der Waals surface area (Å²) in [7, 11) is 0. The Hall–Kier alpha value is -3.20. The van der Waals surface area contributed by atoms with E-state index in [-0.39, 0.29) is 0 Å². The lowest BCUT2D eigenvalue weighted by molar-refractivity contribution is 0.911. The monoisotopic (exact) mass is 297 g/mol. The summed E-state index contributed by atoms with van der Waals surface area (Å²) in [6.45, 7) is 0. The first kappa shape index (κ1) is 13.5. The molecule has 0 N–H and O–H groups in total. The number of nitrogens with zero attached hydrogens (tertiary/aromatic N) is 3. The summed E-state index contributed by atoms with van der Waals surface area (Å²) in [4.78, 5) is 4.31. The van der Waals surface area contributed by atoms with E-state index in [2.05, 4.69) is 46.5 Å². The molecule has 0 bridgehead atoms. The molecule has 0 fully saturated rings. The molecule has 0 aliphatic heterocycles. The zero-order valence-corrected chi connectivity index (χ0v) is 12.5. The van der Waals surface area contributed by atoms with Gasteiger partial charge in [-0.1, -0.05) is 42.5 Å². The van der Waals surface area contributed by atoms with E-state index in [1.807, 2.05) is 53.4 Å². The van der Waals surface area contributed by atoms with Crippen molar-refractivity contribution in [1.29, 1.82) is 0 Å². The Kier molecular flexibility index (Phi) is 3.45. The maximum absolute atomic E-state index is 4.51. The predicted octanol–water partition coefficient (Wildman–Crippen LogP) is 4.59. The maximum atomic E-state index is 4.51. The van der Waals surface area contributed by atoms with Crippen LogP contribution in [0.15, 0.2) is 79.1 Å². The Bertz CT molecular complexity index is 954. The van der Waals surface area contributed by atoms with Crippen LogP contribution in [0.25, 0.3) is 28.7 Å². The third-order valence-corrected chi connectivity index (χ3v) is 3.73.